The lowest BCUT2D eigenvalue weighted by molar-refractivity contribution is 0.198. The second-order valence-corrected chi connectivity index (χ2v) is 6.12. The lowest BCUT2D eigenvalue weighted by Gasteiger charge is -2.23. The summed E-state index contributed by atoms with van der Waals surface area (Å²) in [5.41, 5.74) is 3.33. The summed E-state index contributed by atoms with van der Waals surface area (Å²) in [6, 6.07) is 2.66. The smallest absolute Gasteiger partial charge is 0.208 e. The molecule has 2 aromatic rings. The van der Waals surface area contributed by atoms with Gasteiger partial charge < -0.3 is 4.42 Å². The molecule has 1 fully saturated rings. The minimum Gasteiger partial charge on any atom is -0.444 e. The van der Waals surface area contributed by atoms with E-state index in [0.717, 1.165) is 42.7 Å². The lowest BCUT2D eigenvalue weighted by Crippen LogP contribution is -2.33. The van der Waals surface area contributed by atoms with Crippen molar-refractivity contribution in [2.75, 3.05) is 6.54 Å². The molecule has 0 aromatic carbocycles. The Morgan fingerprint density at radius 1 is 1.29 bits per heavy atom. The second-order valence-electron chi connectivity index (χ2n) is 6.12. The summed E-state index contributed by atoms with van der Waals surface area (Å²) in [6.45, 7) is 11.0. The van der Waals surface area contributed by atoms with Crippen molar-refractivity contribution in [2.24, 2.45) is 0 Å². The minimum absolute atomic E-state index is 0.524. The summed E-state index contributed by atoms with van der Waals surface area (Å²) in [7, 11) is 0. The van der Waals surface area contributed by atoms with E-state index >= 15 is 0 Å². The number of likely N-dealkylation sites (tertiary alicyclic amines) is 1. The van der Waals surface area contributed by atoms with Gasteiger partial charge in [0.2, 0.25) is 5.89 Å². The van der Waals surface area contributed by atoms with Crippen LogP contribution in [0.2, 0.25) is 0 Å². The number of rotatable bonds is 4. The first-order valence-corrected chi connectivity index (χ1v) is 7.71. The average molecular weight is 288 g/mol. The maximum Gasteiger partial charge on any atom is 0.208 e. The highest BCUT2D eigenvalue weighted by atomic mass is 16.4. The lowest BCUT2D eigenvalue weighted by atomic mass is 10.2. The number of aryl methyl sites for hydroxylation is 4. The molecule has 1 aliphatic rings. The van der Waals surface area contributed by atoms with Gasteiger partial charge >= 0.3 is 0 Å². The Labute approximate surface area is 126 Å². The van der Waals surface area contributed by atoms with E-state index in [4.69, 9.17) is 4.42 Å². The fourth-order valence-corrected chi connectivity index (χ4v) is 3.15. The van der Waals surface area contributed by atoms with Crippen LogP contribution in [0.3, 0.4) is 0 Å². The van der Waals surface area contributed by atoms with Crippen LogP contribution in [0.5, 0.6) is 0 Å². The fraction of sp³-hybridized carbons (Fsp3) is 0.625. The molecule has 21 heavy (non-hydrogen) atoms. The van der Waals surface area contributed by atoms with Crippen molar-refractivity contribution in [2.45, 2.75) is 59.7 Å². The van der Waals surface area contributed by atoms with Crippen molar-refractivity contribution in [3.05, 3.63) is 34.8 Å². The molecule has 1 aliphatic heterocycles. The van der Waals surface area contributed by atoms with Crippen LogP contribution >= 0.6 is 0 Å². The van der Waals surface area contributed by atoms with Gasteiger partial charge in [-0.2, -0.15) is 5.10 Å². The summed E-state index contributed by atoms with van der Waals surface area (Å²) in [5.74, 6) is 1.77. The van der Waals surface area contributed by atoms with Crippen molar-refractivity contribution in [3.8, 4) is 0 Å². The SMILES string of the molecule is Cc1cc(C)n(C[C@H]2CCCN2Cc2nc(C)c(C)o2)n1. The van der Waals surface area contributed by atoms with Gasteiger partial charge in [-0.25, -0.2) is 4.98 Å². The van der Waals surface area contributed by atoms with Gasteiger partial charge in [-0.05, 0) is 53.1 Å². The molecular formula is C16H24N4O. The number of oxazole rings is 1. The number of nitrogens with zero attached hydrogens (tertiary/aromatic N) is 4. The molecule has 5 heteroatoms. The molecule has 0 saturated carbocycles. The molecule has 1 atom stereocenters. The van der Waals surface area contributed by atoms with Crippen LogP contribution in [0.15, 0.2) is 10.5 Å². The number of aromatic nitrogens is 3. The third kappa shape index (κ3) is 3.02. The maximum absolute atomic E-state index is 5.73. The van der Waals surface area contributed by atoms with E-state index in [-0.39, 0.29) is 0 Å². The van der Waals surface area contributed by atoms with Crippen LogP contribution in [0, 0.1) is 27.7 Å². The van der Waals surface area contributed by atoms with E-state index in [0.29, 0.717) is 6.04 Å². The molecule has 2 aromatic heterocycles. The van der Waals surface area contributed by atoms with E-state index < -0.39 is 0 Å². The number of hydrogen-bond donors (Lipinski definition) is 0. The van der Waals surface area contributed by atoms with Crippen LogP contribution in [0.4, 0.5) is 0 Å². The first kappa shape index (κ1) is 14.3. The topological polar surface area (TPSA) is 47.1 Å². The summed E-state index contributed by atoms with van der Waals surface area (Å²) in [6.07, 6.45) is 2.46. The van der Waals surface area contributed by atoms with E-state index in [9.17, 15) is 0 Å². The van der Waals surface area contributed by atoms with Crippen molar-refractivity contribution in [3.63, 3.8) is 0 Å². The van der Waals surface area contributed by atoms with E-state index in [1.165, 1.54) is 18.5 Å². The fourth-order valence-electron chi connectivity index (χ4n) is 3.15. The molecule has 0 amide bonds. The summed E-state index contributed by atoms with van der Waals surface area (Å²) in [4.78, 5) is 6.98. The van der Waals surface area contributed by atoms with Crippen LogP contribution in [-0.4, -0.2) is 32.3 Å². The Hall–Kier alpha value is -1.62. The molecular weight excluding hydrogens is 264 g/mol. The van der Waals surface area contributed by atoms with Crippen LogP contribution < -0.4 is 0 Å². The van der Waals surface area contributed by atoms with Gasteiger partial charge in [0.05, 0.1) is 24.5 Å². The molecule has 0 unspecified atom stereocenters. The predicted octanol–water partition coefficient (Wildman–Crippen LogP) is 2.77. The summed E-state index contributed by atoms with van der Waals surface area (Å²) < 4.78 is 7.86. The van der Waals surface area contributed by atoms with Gasteiger partial charge in [-0.15, -0.1) is 0 Å². The molecule has 3 heterocycles. The van der Waals surface area contributed by atoms with E-state index in [2.05, 4.69) is 32.7 Å². The van der Waals surface area contributed by atoms with Gasteiger partial charge in [-0.1, -0.05) is 0 Å². The molecule has 1 saturated heterocycles. The highest BCUT2D eigenvalue weighted by Crippen LogP contribution is 2.22. The Balaban J connectivity index is 1.69. The Bertz CT molecular complexity index is 609. The Morgan fingerprint density at radius 2 is 2.10 bits per heavy atom. The van der Waals surface area contributed by atoms with Gasteiger partial charge in [0.15, 0.2) is 0 Å². The molecule has 0 aliphatic carbocycles. The number of hydrogen-bond acceptors (Lipinski definition) is 4. The molecule has 5 nitrogen and oxygen atoms in total. The van der Waals surface area contributed by atoms with Crippen LogP contribution in [0.25, 0.3) is 0 Å². The van der Waals surface area contributed by atoms with E-state index in [1.807, 2.05) is 20.8 Å². The summed E-state index contributed by atoms with van der Waals surface area (Å²) >= 11 is 0. The maximum atomic E-state index is 5.73. The Morgan fingerprint density at radius 3 is 2.71 bits per heavy atom. The van der Waals surface area contributed by atoms with E-state index in [1.54, 1.807) is 0 Å². The third-order valence-electron chi connectivity index (χ3n) is 4.40. The van der Waals surface area contributed by atoms with Crippen molar-refractivity contribution in [1.82, 2.24) is 19.7 Å². The molecule has 0 radical (unpaired) electrons. The highest BCUT2D eigenvalue weighted by Gasteiger charge is 2.27. The molecule has 0 N–H and O–H groups in total. The van der Waals surface area contributed by atoms with Crippen molar-refractivity contribution >= 4 is 0 Å². The van der Waals surface area contributed by atoms with Crippen LogP contribution in [0.1, 0.15) is 41.6 Å². The average Bonchev–Trinajstić information content (AvgIpc) is 3.05. The molecule has 0 spiro atoms. The largest absolute Gasteiger partial charge is 0.444 e. The zero-order valence-corrected chi connectivity index (χ0v) is 13.4. The third-order valence-corrected chi connectivity index (χ3v) is 4.40. The minimum atomic E-state index is 0.524. The summed E-state index contributed by atoms with van der Waals surface area (Å²) in [5, 5.41) is 4.58. The second kappa shape index (κ2) is 5.64. The van der Waals surface area contributed by atoms with Crippen molar-refractivity contribution < 1.29 is 4.42 Å². The normalized spacial score (nSPS) is 19.5. The predicted molar refractivity (Wildman–Crippen MR) is 81.1 cm³/mol. The van der Waals surface area contributed by atoms with Gasteiger partial charge in [-0.3, -0.25) is 9.58 Å². The molecule has 3 rings (SSSR count). The van der Waals surface area contributed by atoms with Gasteiger partial charge in [0, 0.05) is 11.7 Å². The molecule has 0 bridgehead atoms. The highest BCUT2D eigenvalue weighted by molar-refractivity contribution is 5.07. The van der Waals surface area contributed by atoms with Gasteiger partial charge in [0.25, 0.3) is 0 Å². The first-order chi connectivity index (χ1) is 10.0. The van der Waals surface area contributed by atoms with Crippen molar-refractivity contribution in [1.29, 1.82) is 0 Å². The molecule has 114 valence electrons. The standard InChI is InChI=1S/C16H24N4O/c1-11-8-12(2)20(18-11)9-15-6-5-7-19(15)10-16-17-13(3)14(4)21-16/h8,15H,5-7,9-10H2,1-4H3/t15-/m1/s1. The van der Waals surface area contributed by atoms with Crippen LogP contribution in [-0.2, 0) is 13.1 Å². The zero-order valence-electron chi connectivity index (χ0n) is 13.4. The first-order valence-electron chi connectivity index (χ1n) is 7.71. The van der Waals surface area contributed by atoms with Gasteiger partial charge in [0.1, 0.15) is 5.76 Å². The quantitative estimate of drug-likeness (QED) is 0.868. The Kier molecular flexibility index (Phi) is 3.85. The monoisotopic (exact) mass is 288 g/mol. The zero-order chi connectivity index (χ0) is 15.0.